The van der Waals surface area contributed by atoms with E-state index in [-0.39, 0.29) is 5.78 Å². The van der Waals surface area contributed by atoms with Crippen LogP contribution in [0.5, 0.6) is 0 Å². The normalized spacial score (nSPS) is 33.3. The zero-order valence-corrected chi connectivity index (χ0v) is 13.0. The number of Topliss-reactive ketones (excluding diaryl/α,β-unsaturated/α-hetero) is 1. The second kappa shape index (κ2) is 3.88. The molecule has 0 N–H and O–H groups in total. The van der Waals surface area contributed by atoms with E-state index in [1.165, 1.54) is 6.92 Å². The molecule has 4 heteroatoms. The molecular formula is C14H15Cl3O. The Morgan fingerprint density at radius 1 is 1.17 bits per heavy atom. The number of halogens is 3. The summed E-state index contributed by atoms with van der Waals surface area (Å²) in [5.74, 6) is -0.00683. The molecule has 1 nitrogen and oxygen atoms in total. The van der Waals surface area contributed by atoms with Gasteiger partial charge in [-0.05, 0) is 44.0 Å². The fraction of sp³-hybridized carbons (Fsp3) is 0.500. The quantitative estimate of drug-likeness (QED) is 0.725. The van der Waals surface area contributed by atoms with Crippen molar-refractivity contribution in [2.75, 3.05) is 0 Å². The van der Waals surface area contributed by atoms with E-state index in [0.29, 0.717) is 5.02 Å². The zero-order chi connectivity index (χ0) is 13.9. The van der Waals surface area contributed by atoms with Gasteiger partial charge >= 0.3 is 0 Å². The van der Waals surface area contributed by atoms with Crippen LogP contribution in [0, 0.1) is 12.3 Å². The molecule has 0 heterocycles. The molecule has 2 atom stereocenters. The first-order valence-electron chi connectivity index (χ1n) is 5.75. The van der Waals surface area contributed by atoms with Crippen molar-refractivity contribution in [3.63, 3.8) is 0 Å². The van der Waals surface area contributed by atoms with Crippen LogP contribution >= 0.6 is 34.8 Å². The van der Waals surface area contributed by atoms with Gasteiger partial charge in [0, 0.05) is 10.4 Å². The first-order chi connectivity index (χ1) is 8.09. The SMILES string of the molecule is CC(=O)[C@]1(C)C(Cl)(Cl)[C@@]1(C)c1cc(C)cc(Cl)c1. The Morgan fingerprint density at radius 3 is 2.11 bits per heavy atom. The summed E-state index contributed by atoms with van der Waals surface area (Å²) in [7, 11) is 0. The van der Waals surface area contributed by atoms with E-state index in [0.717, 1.165) is 11.1 Å². The third kappa shape index (κ3) is 1.44. The molecule has 0 radical (unpaired) electrons. The van der Waals surface area contributed by atoms with Crippen LogP contribution in [-0.2, 0) is 10.2 Å². The van der Waals surface area contributed by atoms with Crippen molar-refractivity contribution in [1.82, 2.24) is 0 Å². The smallest absolute Gasteiger partial charge is 0.141 e. The summed E-state index contributed by atoms with van der Waals surface area (Å²) in [5, 5.41) is 0.633. The van der Waals surface area contributed by atoms with Gasteiger partial charge in [-0.1, -0.05) is 47.8 Å². The number of rotatable bonds is 2. The Morgan fingerprint density at radius 2 is 1.72 bits per heavy atom. The highest BCUT2D eigenvalue weighted by Crippen LogP contribution is 2.78. The lowest BCUT2D eigenvalue weighted by molar-refractivity contribution is -0.122. The van der Waals surface area contributed by atoms with Crippen molar-refractivity contribution in [3.8, 4) is 0 Å². The van der Waals surface area contributed by atoms with Crippen molar-refractivity contribution >= 4 is 40.6 Å². The summed E-state index contributed by atoms with van der Waals surface area (Å²) in [6.07, 6.45) is 0. The number of hydrogen-bond donors (Lipinski definition) is 0. The third-order valence-corrected chi connectivity index (χ3v) is 6.25. The van der Waals surface area contributed by atoms with E-state index in [4.69, 9.17) is 34.8 Å². The lowest BCUT2D eigenvalue weighted by Gasteiger charge is -2.16. The van der Waals surface area contributed by atoms with Gasteiger partial charge in [0.05, 0.1) is 5.41 Å². The number of alkyl halides is 2. The van der Waals surface area contributed by atoms with Gasteiger partial charge in [-0.15, -0.1) is 0 Å². The Hall–Kier alpha value is -0.240. The van der Waals surface area contributed by atoms with Gasteiger partial charge in [-0.25, -0.2) is 0 Å². The molecule has 0 bridgehead atoms. The minimum atomic E-state index is -1.09. The van der Waals surface area contributed by atoms with Crippen molar-refractivity contribution in [3.05, 3.63) is 34.3 Å². The second-order valence-electron chi connectivity index (χ2n) is 5.40. The van der Waals surface area contributed by atoms with Crippen LogP contribution in [0.3, 0.4) is 0 Å². The molecule has 1 fully saturated rings. The summed E-state index contributed by atoms with van der Waals surface area (Å²) < 4.78 is -1.09. The maximum Gasteiger partial charge on any atom is 0.141 e. The van der Waals surface area contributed by atoms with E-state index < -0.39 is 15.2 Å². The fourth-order valence-electron chi connectivity index (χ4n) is 2.87. The van der Waals surface area contributed by atoms with E-state index in [1.807, 2.05) is 39.0 Å². The number of aryl methyl sites for hydroxylation is 1. The van der Waals surface area contributed by atoms with Gasteiger partial charge in [0.15, 0.2) is 0 Å². The maximum atomic E-state index is 11.9. The van der Waals surface area contributed by atoms with Gasteiger partial charge in [-0.2, -0.15) is 0 Å². The van der Waals surface area contributed by atoms with Gasteiger partial charge in [-0.3, -0.25) is 4.79 Å². The predicted molar refractivity (Wildman–Crippen MR) is 76.8 cm³/mol. The molecule has 0 aliphatic heterocycles. The van der Waals surface area contributed by atoms with Gasteiger partial charge in [0.1, 0.15) is 10.1 Å². The van der Waals surface area contributed by atoms with Crippen LogP contribution < -0.4 is 0 Å². The molecule has 0 aromatic heterocycles. The third-order valence-electron chi connectivity index (χ3n) is 4.52. The molecule has 98 valence electrons. The molecule has 1 aliphatic rings. The molecule has 1 saturated carbocycles. The number of benzene rings is 1. The van der Waals surface area contributed by atoms with Crippen molar-refractivity contribution in [1.29, 1.82) is 0 Å². The number of carbonyl (C=O) groups is 1. The fourth-order valence-corrected chi connectivity index (χ4v) is 4.30. The summed E-state index contributed by atoms with van der Waals surface area (Å²) in [6.45, 7) is 7.21. The highest BCUT2D eigenvalue weighted by atomic mass is 35.5. The highest BCUT2D eigenvalue weighted by molar-refractivity contribution is 6.55. The molecular weight excluding hydrogens is 291 g/mol. The Bertz CT molecular complexity index is 518. The minimum Gasteiger partial charge on any atom is -0.299 e. The van der Waals surface area contributed by atoms with E-state index in [9.17, 15) is 4.79 Å². The molecule has 1 aromatic carbocycles. The molecule has 0 saturated heterocycles. The van der Waals surface area contributed by atoms with Crippen molar-refractivity contribution in [2.45, 2.75) is 37.4 Å². The minimum absolute atomic E-state index is 0.00683. The average Bonchev–Trinajstić information content (AvgIpc) is 2.59. The molecule has 0 unspecified atom stereocenters. The zero-order valence-electron chi connectivity index (χ0n) is 10.8. The van der Waals surface area contributed by atoms with E-state index >= 15 is 0 Å². The van der Waals surface area contributed by atoms with Crippen LogP contribution in [0.25, 0.3) is 0 Å². The number of ketones is 1. The second-order valence-corrected chi connectivity index (χ2v) is 7.16. The van der Waals surface area contributed by atoms with Gasteiger partial charge in [0.25, 0.3) is 0 Å². The first kappa shape index (κ1) is 14.2. The summed E-state index contributed by atoms with van der Waals surface area (Å²) in [6, 6.07) is 5.69. The molecule has 0 spiro atoms. The highest BCUT2D eigenvalue weighted by Gasteiger charge is 2.84. The van der Waals surface area contributed by atoms with Crippen LogP contribution in [-0.4, -0.2) is 10.1 Å². The molecule has 1 aromatic rings. The predicted octanol–water partition coefficient (Wildman–Crippen LogP) is 4.69. The van der Waals surface area contributed by atoms with E-state index in [1.54, 1.807) is 0 Å². The molecule has 2 rings (SSSR count). The largest absolute Gasteiger partial charge is 0.299 e. The van der Waals surface area contributed by atoms with Gasteiger partial charge in [0.2, 0.25) is 0 Å². The topological polar surface area (TPSA) is 17.1 Å². The monoisotopic (exact) mass is 304 g/mol. The lowest BCUT2D eigenvalue weighted by Crippen LogP contribution is -2.19. The summed E-state index contributed by atoms with van der Waals surface area (Å²) in [4.78, 5) is 11.9. The van der Waals surface area contributed by atoms with Crippen LogP contribution in [0.2, 0.25) is 5.02 Å². The number of carbonyl (C=O) groups excluding carboxylic acids is 1. The standard InChI is InChI=1S/C14H15Cl3O/c1-8-5-10(7-11(15)6-8)13(4)12(3,9(2)18)14(13,16)17/h5-7H,1-4H3/t12-,13-/m0/s1. The summed E-state index contributed by atoms with van der Waals surface area (Å²) in [5.41, 5.74) is 0.557. The molecule has 0 amide bonds. The van der Waals surface area contributed by atoms with Crippen molar-refractivity contribution in [2.24, 2.45) is 5.41 Å². The van der Waals surface area contributed by atoms with E-state index in [2.05, 4.69) is 0 Å². The number of hydrogen-bond acceptors (Lipinski definition) is 1. The Labute approximate surface area is 122 Å². The van der Waals surface area contributed by atoms with Crippen LogP contribution in [0.15, 0.2) is 18.2 Å². The molecule has 18 heavy (non-hydrogen) atoms. The maximum absolute atomic E-state index is 11.9. The lowest BCUT2D eigenvalue weighted by atomic mass is 9.86. The first-order valence-corrected chi connectivity index (χ1v) is 6.89. The van der Waals surface area contributed by atoms with Crippen molar-refractivity contribution < 1.29 is 4.79 Å². The van der Waals surface area contributed by atoms with Crippen LogP contribution in [0.1, 0.15) is 31.9 Å². The van der Waals surface area contributed by atoms with Crippen LogP contribution in [0.4, 0.5) is 0 Å². The molecule has 1 aliphatic carbocycles. The Kier molecular flexibility index (Phi) is 3.05. The Balaban J connectivity index is 2.61. The average molecular weight is 306 g/mol. The van der Waals surface area contributed by atoms with Gasteiger partial charge < -0.3 is 0 Å². The summed E-state index contributed by atoms with van der Waals surface area (Å²) >= 11 is 18.9.